The summed E-state index contributed by atoms with van der Waals surface area (Å²) in [6, 6.07) is 20.0. The highest BCUT2D eigenvalue weighted by Gasteiger charge is 2.17. The number of hydrogen-bond acceptors (Lipinski definition) is 3. The van der Waals surface area contributed by atoms with E-state index in [-0.39, 0.29) is 11.9 Å². The zero-order valence-electron chi connectivity index (χ0n) is 15.2. The van der Waals surface area contributed by atoms with Crippen molar-refractivity contribution in [1.29, 1.82) is 0 Å². The molecule has 0 saturated heterocycles. The number of carbonyl (C=O) groups is 1. The molecule has 1 amide bonds. The van der Waals surface area contributed by atoms with E-state index in [4.69, 9.17) is 0 Å². The highest BCUT2D eigenvalue weighted by Crippen LogP contribution is 2.14. The summed E-state index contributed by atoms with van der Waals surface area (Å²) in [5.41, 5.74) is 2.81. The van der Waals surface area contributed by atoms with E-state index in [1.54, 1.807) is 17.1 Å². The molecule has 0 aliphatic carbocycles. The number of nitrogens with one attached hydrogen (secondary N) is 1. The van der Waals surface area contributed by atoms with Gasteiger partial charge in [0.1, 0.15) is 0 Å². The third-order valence-corrected chi connectivity index (χ3v) is 4.14. The fourth-order valence-corrected chi connectivity index (χ4v) is 2.86. The molecule has 0 bridgehead atoms. The van der Waals surface area contributed by atoms with Gasteiger partial charge in [0.05, 0.1) is 24.3 Å². The minimum absolute atomic E-state index is 0.0730. The average Bonchev–Trinajstić information content (AvgIpc) is 3.11. The van der Waals surface area contributed by atoms with Crippen LogP contribution in [0.5, 0.6) is 0 Å². The minimum Gasteiger partial charge on any atom is -0.344 e. The Bertz CT molecular complexity index is 827. The monoisotopic (exact) mass is 348 g/mol. The molecule has 1 atom stereocenters. The second kappa shape index (κ2) is 8.45. The third kappa shape index (κ3) is 4.80. The molecule has 0 unspecified atom stereocenters. The number of aromatic nitrogens is 2. The number of benzene rings is 2. The van der Waals surface area contributed by atoms with Crippen molar-refractivity contribution in [3.63, 3.8) is 0 Å². The molecule has 0 aliphatic rings. The van der Waals surface area contributed by atoms with Gasteiger partial charge < -0.3 is 10.2 Å². The van der Waals surface area contributed by atoms with Crippen LogP contribution in [0.4, 0.5) is 0 Å². The van der Waals surface area contributed by atoms with Gasteiger partial charge in [0.15, 0.2) is 0 Å². The van der Waals surface area contributed by atoms with E-state index in [0.29, 0.717) is 12.1 Å². The number of rotatable bonds is 7. The quantitative estimate of drug-likeness (QED) is 0.714. The predicted octanol–water partition coefficient (Wildman–Crippen LogP) is 2.96. The molecule has 0 radical (unpaired) electrons. The highest BCUT2D eigenvalue weighted by atomic mass is 16.1. The minimum atomic E-state index is -0.111. The molecule has 0 saturated carbocycles. The van der Waals surface area contributed by atoms with Crippen LogP contribution in [0.3, 0.4) is 0 Å². The van der Waals surface area contributed by atoms with Gasteiger partial charge in [-0.05, 0) is 25.2 Å². The molecule has 0 aliphatic heterocycles. The molecule has 1 heterocycles. The molecule has 1 aromatic heterocycles. The Morgan fingerprint density at radius 3 is 2.38 bits per heavy atom. The van der Waals surface area contributed by atoms with Crippen molar-refractivity contribution in [2.45, 2.75) is 12.6 Å². The van der Waals surface area contributed by atoms with E-state index < -0.39 is 0 Å². The fourth-order valence-electron chi connectivity index (χ4n) is 2.86. The first-order valence-corrected chi connectivity index (χ1v) is 8.69. The van der Waals surface area contributed by atoms with Gasteiger partial charge in [-0.3, -0.25) is 9.48 Å². The Hall–Kier alpha value is -2.92. The Balaban J connectivity index is 1.70. The summed E-state index contributed by atoms with van der Waals surface area (Å²) < 4.78 is 1.79. The van der Waals surface area contributed by atoms with E-state index in [9.17, 15) is 4.79 Å². The van der Waals surface area contributed by atoms with Crippen molar-refractivity contribution in [3.8, 4) is 0 Å². The van der Waals surface area contributed by atoms with Crippen LogP contribution in [0, 0.1) is 0 Å². The zero-order chi connectivity index (χ0) is 18.4. The summed E-state index contributed by atoms with van der Waals surface area (Å²) in [6.07, 6.45) is 3.41. The number of hydrogen-bond donors (Lipinski definition) is 1. The van der Waals surface area contributed by atoms with Crippen molar-refractivity contribution in [1.82, 2.24) is 20.0 Å². The summed E-state index contributed by atoms with van der Waals surface area (Å²) in [5, 5.41) is 7.44. The van der Waals surface area contributed by atoms with E-state index >= 15 is 0 Å². The topological polar surface area (TPSA) is 50.2 Å². The van der Waals surface area contributed by atoms with Crippen LogP contribution in [-0.2, 0) is 6.54 Å². The van der Waals surface area contributed by atoms with E-state index in [1.165, 1.54) is 0 Å². The van der Waals surface area contributed by atoms with Crippen molar-refractivity contribution >= 4 is 5.91 Å². The summed E-state index contributed by atoms with van der Waals surface area (Å²) in [7, 11) is 4.00. The van der Waals surface area contributed by atoms with Gasteiger partial charge in [0.2, 0.25) is 0 Å². The molecular weight excluding hydrogens is 324 g/mol. The van der Waals surface area contributed by atoms with E-state index in [2.05, 4.69) is 15.3 Å². The van der Waals surface area contributed by atoms with Crippen molar-refractivity contribution in [3.05, 3.63) is 89.7 Å². The molecule has 3 rings (SSSR count). The van der Waals surface area contributed by atoms with Crippen LogP contribution in [0.25, 0.3) is 0 Å². The van der Waals surface area contributed by atoms with E-state index in [0.717, 1.165) is 17.7 Å². The van der Waals surface area contributed by atoms with Gasteiger partial charge in [-0.2, -0.15) is 5.10 Å². The standard InChI is InChI=1S/C21H24N4O/c1-24(2)16-20(18-11-7-4-8-12-18)23-21(26)19-13-22-25(15-19)14-17-9-5-3-6-10-17/h3-13,15,20H,14,16H2,1-2H3,(H,23,26)/t20-/m1/s1. The normalized spacial score (nSPS) is 12.1. The van der Waals surface area contributed by atoms with Crippen LogP contribution >= 0.6 is 0 Å². The lowest BCUT2D eigenvalue weighted by molar-refractivity contribution is 0.0930. The number of likely N-dealkylation sites (N-methyl/N-ethyl adjacent to an activating group) is 1. The zero-order valence-corrected chi connectivity index (χ0v) is 15.2. The van der Waals surface area contributed by atoms with Crippen LogP contribution < -0.4 is 5.32 Å². The van der Waals surface area contributed by atoms with Crippen molar-refractivity contribution in [2.24, 2.45) is 0 Å². The van der Waals surface area contributed by atoms with E-state index in [1.807, 2.05) is 74.8 Å². The highest BCUT2D eigenvalue weighted by molar-refractivity contribution is 5.94. The van der Waals surface area contributed by atoms with Gasteiger partial charge >= 0.3 is 0 Å². The maximum absolute atomic E-state index is 12.7. The largest absolute Gasteiger partial charge is 0.344 e. The first-order valence-electron chi connectivity index (χ1n) is 8.69. The molecule has 0 spiro atoms. The summed E-state index contributed by atoms with van der Waals surface area (Å²) in [5.74, 6) is -0.111. The molecule has 0 fully saturated rings. The Labute approximate surface area is 154 Å². The lowest BCUT2D eigenvalue weighted by Crippen LogP contribution is -2.35. The van der Waals surface area contributed by atoms with Gasteiger partial charge in [0.25, 0.3) is 5.91 Å². The van der Waals surface area contributed by atoms with Crippen molar-refractivity contribution < 1.29 is 4.79 Å². The SMILES string of the molecule is CN(C)C[C@@H](NC(=O)c1cnn(Cc2ccccc2)c1)c1ccccc1. The van der Waals surface area contributed by atoms with Gasteiger partial charge in [0, 0.05) is 12.7 Å². The van der Waals surface area contributed by atoms with Crippen LogP contribution in [-0.4, -0.2) is 41.2 Å². The number of nitrogens with zero attached hydrogens (tertiary/aromatic N) is 3. The second-order valence-electron chi connectivity index (χ2n) is 6.61. The molecule has 5 nitrogen and oxygen atoms in total. The van der Waals surface area contributed by atoms with Crippen LogP contribution in [0.2, 0.25) is 0 Å². The third-order valence-electron chi connectivity index (χ3n) is 4.14. The van der Waals surface area contributed by atoms with Crippen LogP contribution in [0.1, 0.15) is 27.5 Å². The summed E-state index contributed by atoms with van der Waals surface area (Å²) >= 11 is 0. The molecule has 2 aromatic carbocycles. The summed E-state index contributed by atoms with van der Waals surface area (Å²) in [6.45, 7) is 1.38. The average molecular weight is 348 g/mol. The maximum atomic E-state index is 12.7. The predicted molar refractivity (Wildman–Crippen MR) is 103 cm³/mol. The molecule has 5 heteroatoms. The second-order valence-corrected chi connectivity index (χ2v) is 6.61. The van der Waals surface area contributed by atoms with Crippen molar-refractivity contribution in [2.75, 3.05) is 20.6 Å². The number of amides is 1. The Morgan fingerprint density at radius 2 is 1.73 bits per heavy atom. The Kier molecular flexibility index (Phi) is 5.81. The lowest BCUT2D eigenvalue weighted by Gasteiger charge is -2.22. The van der Waals surface area contributed by atoms with Gasteiger partial charge in [-0.25, -0.2) is 0 Å². The lowest BCUT2D eigenvalue weighted by atomic mass is 10.1. The maximum Gasteiger partial charge on any atom is 0.254 e. The molecule has 1 N–H and O–H groups in total. The smallest absolute Gasteiger partial charge is 0.254 e. The van der Waals surface area contributed by atoms with Gasteiger partial charge in [-0.15, -0.1) is 0 Å². The number of carbonyl (C=O) groups excluding carboxylic acids is 1. The summed E-state index contributed by atoms with van der Waals surface area (Å²) in [4.78, 5) is 14.8. The van der Waals surface area contributed by atoms with Gasteiger partial charge in [-0.1, -0.05) is 60.7 Å². The molecule has 134 valence electrons. The first kappa shape index (κ1) is 17.9. The Morgan fingerprint density at radius 1 is 1.08 bits per heavy atom. The molecule has 26 heavy (non-hydrogen) atoms. The van der Waals surface area contributed by atoms with Crippen LogP contribution in [0.15, 0.2) is 73.1 Å². The molecule has 3 aromatic rings. The fraction of sp³-hybridized carbons (Fsp3) is 0.238. The first-order chi connectivity index (χ1) is 12.6. The molecular formula is C21H24N4O.